The molecule has 0 aliphatic rings. The van der Waals surface area contributed by atoms with E-state index in [2.05, 4.69) is 45.3 Å². The largest absolute Gasteiger partial charge is 0.362 e. The Bertz CT molecular complexity index is 738. The van der Waals surface area contributed by atoms with Gasteiger partial charge in [-0.1, -0.05) is 64.5 Å². The minimum atomic E-state index is 0.425. The Morgan fingerprint density at radius 2 is 1.76 bits per heavy atom. The van der Waals surface area contributed by atoms with E-state index in [-0.39, 0.29) is 0 Å². The molecule has 0 amide bonds. The fourth-order valence-electron chi connectivity index (χ4n) is 2.28. The average molecular weight is 343 g/mol. The third-order valence-corrected chi connectivity index (χ3v) is 3.94. The number of methoxy groups -OCH3 is 1. The molecule has 3 aromatic rings. The molecule has 0 atom stereocenters. The van der Waals surface area contributed by atoms with Gasteiger partial charge in [0.05, 0.1) is 11.4 Å². The van der Waals surface area contributed by atoms with Crippen molar-refractivity contribution >= 4 is 15.9 Å². The van der Waals surface area contributed by atoms with Crippen LogP contribution in [-0.4, -0.2) is 16.9 Å². The first-order valence-corrected chi connectivity index (χ1v) is 7.46. The first kappa shape index (κ1) is 14.0. The van der Waals surface area contributed by atoms with Gasteiger partial charge in [-0.25, -0.2) is 4.68 Å². The molecule has 1 heterocycles. The lowest BCUT2D eigenvalue weighted by molar-refractivity contribution is 0.122. The molecule has 0 aliphatic carbocycles. The third-order valence-electron chi connectivity index (χ3n) is 3.25. The van der Waals surface area contributed by atoms with Gasteiger partial charge in [0.15, 0.2) is 0 Å². The van der Waals surface area contributed by atoms with E-state index in [0.717, 1.165) is 27.0 Å². The molecule has 0 saturated carbocycles. The van der Waals surface area contributed by atoms with Gasteiger partial charge in [0.25, 0.3) is 0 Å². The van der Waals surface area contributed by atoms with Crippen molar-refractivity contribution in [2.75, 3.05) is 7.11 Å². The second kappa shape index (κ2) is 6.24. The number of halogens is 1. The van der Waals surface area contributed by atoms with Crippen molar-refractivity contribution in [3.05, 3.63) is 65.1 Å². The number of ether oxygens (including phenoxy) is 1. The Kier molecular flexibility index (Phi) is 4.18. The third kappa shape index (κ3) is 2.91. The van der Waals surface area contributed by atoms with E-state index in [1.807, 2.05) is 41.1 Å². The summed E-state index contributed by atoms with van der Waals surface area (Å²) in [7, 11) is 1.68. The lowest BCUT2D eigenvalue weighted by Gasteiger charge is -2.05. The average Bonchev–Trinajstić information content (AvgIpc) is 2.93. The van der Waals surface area contributed by atoms with Crippen LogP contribution in [0.25, 0.3) is 22.5 Å². The molecular formula is C17H15BrN2O. The summed E-state index contributed by atoms with van der Waals surface area (Å²) in [5.74, 6) is 0. The smallest absolute Gasteiger partial charge is 0.139 e. The predicted molar refractivity (Wildman–Crippen MR) is 87.8 cm³/mol. The number of hydrogen-bond donors (Lipinski definition) is 0. The first-order valence-electron chi connectivity index (χ1n) is 6.66. The highest BCUT2D eigenvalue weighted by Gasteiger charge is 2.12. The lowest BCUT2D eigenvalue weighted by Crippen LogP contribution is -2.03. The summed E-state index contributed by atoms with van der Waals surface area (Å²) >= 11 is 3.58. The monoisotopic (exact) mass is 342 g/mol. The molecule has 0 unspecified atom stereocenters. The molecule has 4 heteroatoms. The summed E-state index contributed by atoms with van der Waals surface area (Å²) in [6.07, 6.45) is 0. The molecule has 1 aromatic heterocycles. The summed E-state index contributed by atoms with van der Waals surface area (Å²) in [5.41, 5.74) is 4.17. The van der Waals surface area contributed by atoms with Crippen LogP contribution in [0.2, 0.25) is 0 Å². The predicted octanol–water partition coefficient (Wildman–Crippen LogP) is 4.58. The van der Waals surface area contributed by atoms with E-state index < -0.39 is 0 Å². The molecule has 0 aliphatic heterocycles. The zero-order valence-corrected chi connectivity index (χ0v) is 13.2. The van der Waals surface area contributed by atoms with Gasteiger partial charge in [-0.3, -0.25) is 0 Å². The highest BCUT2D eigenvalue weighted by Crippen LogP contribution is 2.30. The van der Waals surface area contributed by atoms with Gasteiger partial charge in [-0.2, -0.15) is 5.10 Å². The maximum atomic E-state index is 5.26. The summed E-state index contributed by atoms with van der Waals surface area (Å²) in [5, 5.41) is 4.67. The van der Waals surface area contributed by atoms with E-state index >= 15 is 0 Å². The van der Waals surface area contributed by atoms with Crippen LogP contribution in [0.15, 0.2) is 65.1 Å². The van der Waals surface area contributed by atoms with E-state index in [9.17, 15) is 0 Å². The molecule has 0 N–H and O–H groups in total. The van der Waals surface area contributed by atoms with Crippen LogP contribution >= 0.6 is 15.9 Å². The Morgan fingerprint density at radius 1 is 1.05 bits per heavy atom. The Balaban J connectivity index is 2.11. The normalized spacial score (nSPS) is 10.8. The first-order chi connectivity index (χ1) is 10.3. The fourth-order valence-corrected chi connectivity index (χ4v) is 2.77. The van der Waals surface area contributed by atoms with Gasteiger partial charge in [0, 0.05) is 17.1 Å². The Hall–Kier alpha value is -1.91. The molecule has 21 heavy (non-hydrogen) atoms. The zero-order valence-electron chi connectivity index (χ0n) is 11.7. The van der Waals surface area contributed by atoms with Gasteiger partial charge in [-0.15, -0.1) is 0 Å². The maximum absolute atomic E-state index is 5.26. The van der Waals surface area contributed by atoms with Gasteiger partial charge in [-0.05, 0) is 17.7 Å². The molecule has 106 valence electrons. The van der Waals surface area contributed by atoms with E-state index in [0.29, 0.717) is 6.73 Å². The number of aromatic nitrogens is 2. The van der Waals surface area contributed by atoms with Crippen molar-refractivity contribution in [2.45, 2.75) is 6.73 Å². The standard InChI is InChI=1S/C17H15BrN2O/c1-21-12-20-17(13-7-3-2-4-8-13)11-16(19-20)14-9-5-6-10-15(14)18/h2-11H,12H2,1H3. The van der Waals surface area contributed by atoms with Crippen LogP contribution in [-0.2, 0) is 11.5 Å². The van der Waals surface area contributed by atoms with Crippen LogP contribution < -0.4 is 0 Å². The van der Waals surface area contributed by atoms with Gasteiger partial charge in [0.2, 0.25) is 0 Å². The topological polar surface area (TPSA) is 27.1 Å². The lowest BCUT2D eigenvalue weighted by atomic mass is 10.1. The minimum absolute atomic E-state index is 0.425. The van der Waals surface area contributed by atoms with Crippen molar-refractivity contribution < 1.29 is 4.74 Å². The van der Waals surface area contributed by atoms with Crippen molar-refractivity contribution in [1.29, 1.82) is 0 Å². The Morgan fingerprint density at radius 3 is 2.48 bits per heavy atom. The number of hydrogen-bond acceptors (Lipinski definition) is 2. The molecule has 3 nitrogen and oxygen atoms in total. The van der Waals surface area contributed by atoms with E-state index in [4.69, 9.17) is 4.74 Å². The van der Waals surface area contributed by atoms with Crippen molar-refractivity contribution in [1.82, 2.24) is 9.78 Å². The summed E-state index contributed by atoms with van der Waals surface area (Å²) < 4.78 is 8.17. The summed E-state index contributed by atoms with van der Waals surface area (Å²) in [4.78, 5) is 0. The fraction of sp³-hybridized carbons (Fsp3) is 0.118. The van der Waals surface area contributed by atoms with Crippen molar-refractivity contribution in [3.63, 3.8) is 0 Å². The summed E-state index contributed by atoms with van der Waals surface area (Å²) in [6.45, 7) is 0.425. The molecule has 0 saturated heterocycles. The van der Waals surface area contributed by atoms with Gasteiger partial charge < -0.3 is 4.74 Å². The number of rotatable bonds is 4. The second-order valence-electron chi connectivity index (χ2n) is 4.68. The highest BCUT2D eigenvalue weighted by atomic mass is 79.9. The Labute approximate surface area is 132 Å². The van der Waals surface area contributed by atoms with Crippen LogP contribution in [0.4, 0.5) is 0 Å². The SMILES string of the molecule is COCn1nc(-c2ccccc2Br)cc1-c1ccccc1. The summed E-state index contributed by atoms with van der Waals surface area (Å²) in [6, 6.07) is 20.4. The number of benzene rings is 2. The molecule has 0 radical (unpaired) electrons. The second-order valence-corrected chi connectivity index (χ2v) is 5.53. The van der Waals surface area contributed by atoms with Crippen LogP contribution in [0.3, 0.4) is 0 Å². The number of nitrogens with zero attached hydrogens (tertiary/aromatic N) is 2. The minimum Gasteiger partial charge on any atom is -0.362 e. The molecule has 0 spiro atoms. The quantitative estimate of drug-likeness (QED) is 0.693. The molecule has 3 rings (SSSR count). The highest BCUT2D eigenvalue weighted by molar-refractivity contribution is 9.10. The van der Waals surface area contributed by atoms with Crippen molar-refractivity contribution in [2.24, 2.45) is 0 Å². The zero-order chi connectivity index (χ0) is 14.7. The molecular weight excluding hydrogens is 328 g/mol. The van der Waals surface area contributed by atoms with Gasteiger partial charge >= 0.3 is 0 Å². The van der Waals surface area contributed by atoms with E-state index in [1.165, 1.54) is 0 Å². The molecule has 0 bridgehead atoms. The van der Waals surface area contributed by atoms with Crippen LogP contribution in [0.1, 0.15) is 0 Å². The van der Waals surface area contributed by atoms with Crippen molar-refractivity contribution in [3.8, 4) is 22.5 Å². The van der Waals surface area contributed by atoms with Crippen LogP contribution in [0.5, 0.6) is 0 Å². The van der Waals surface area contributed by atoms with Gasteiger partial charge in [0.1, 0.15) is 6.73 Å². The molecule has 0 fully saturated rings. The molecule has 2 aromatic carbocycles. The van der Waals surface area contributed by atoms with E-state index in [1.54, 1.807) is 7.11 Å². The maximum Gasteiger partial charge on any atom is 0.139 e. The van der Waals surface area contributed by atoms with Crippen LogP contribution in [0, 0.1) is 0 Å².